The Hall–Kier alpha value is -0.530. The lowest BCUT2D eigenvalue weighted by atomic mass is 9.78. The summed E-state index contributed by atoms with van der Waals surface area (Å²) in [5.41, 5.74) is -2.05. The summed E-state index contributed by atoms with van der Waals surface area (Å²) in [7, 11) is 0. The van der Waals surface area contributed by atoms with Crippen molar-refractivity contribution in [3.8, 4) is 0 Å². The zero-order valence-corrected chi connectivity index (χ0v) is 6.79. The van der Waals surface area contributed by atoms with Gasteiger partial charge in [-0.2, -0.15) is 0 Å². The molecule has 6 nitrogen and oxygen atoms in total. The standard InChI is InChI=1S/C7H12O6/c8-2-7(13)1-3(9)4(10)5(11)6(7)12/h4-6,8,10-13H,1-2H2/t4-,5-,6+,7-/m1/s1. The second kappa shape index (κ2) is 3.32. The second-order valence-electron chi connectivity index (χ2n) is 3.29. The number of carbonyl (C=O) groups excluding carboxylic acids is 1. The maximum absolute atomic E-state index is 10.9. The zero-order valence-electron chi connectivity index (χ0n) is 6.79. The molecule has 0 aromatic carbocycles. The normalized spacial score (nSPS) is 46.5. The third kappa shape index (κ3) is 1.59. The van der Waals surface area contributed by atoms with Crippen LogP contribution in [0.1, 0.15) is 6.42 Å². The molecule has 1 aliphatic carbocycles. The molecule has 1 aliphatic rings. The number of aliphatic hydroxyl groups excluding tert-OH is 4. The average molecular weight is 192 g/mol. The molecular formula is C7H12O6. The third-order valence-corrected chi connectivity index (χ3v) is 2.28. The number of hydrogen-bond acceptors (Lipinski definition) is 6. The Morgan fingerprint density at radius 2 is 1.92 bits per heavy atom. The van der Waals surface area contributed by atoms with Crippen molar-refractivity contribution in [3.05, 3.63) is 0 Å². The Kier molecular flexibility index (Phi) is 2.69. The highest BCUT2D eigenvalue weighted by Crippen LogP contribution is 2.26. The van der Waals surface area contributed by atoms with E-state index in [0.717, 1.165) is 0 Å². The van der Waals surface area contributed by atoms with Crippen molar-refractivity contribution in [2.75, 3.05) is 6.61 Å². The molecule has 0 aliphatic heterocycles. The van der Waals surface area contributed by atoms with Gasteiger partial charge in [0.15, 0.2) is 5.78 Å². The van der Waals surface area contributed by atoms with Crippen LogP contribution in [0.15, 0.2) is 0 Å². The summed E-state index contributed by atoms with van der Waals surface area (Å²) in [6.45, 7) is -0.844. The fourth-order valence-corrected chi connectivity index (χ4v) is 1.34. The van der Waals surface area contributed by atoms with Gasteiger partial charge in [-0.25, -0.2) is 0 Å². The van der Waals surface area contributed by atoms with E-state index in [4.69, 9.17) is 15.3 Å². The van der Waals surface area contributed by atoms with Gasteiger partial charge in [0.05, 0.1) is 6.61 Å². The summed E-state index contributed by atoms with van der Waals surface area (Å²) in [5, 5.41) is 45.4. The first kappa shape index (κ1) is 10.6. The molecule has 0 bridgehead atoms. The van der Waals surface area contributed by atoms with Crippen molar-refractivity contribution >= 4 is 5.78 Å². The Labute approximate surface area is 74.1 Å². The highest BCUT2D eigenvalue weighted by Gasteiger charge is 2.50. The van der Waals surface area contributed by atoms with E-state index in [0.29, 0.717) is 0 Å². The van der Waals surface area contributed by atoms with Crippen LogP contribution < -0.4 is 0 Å². The van der Waals surface area contributed by atoms with Gasteiger partial charge < -0.3 is 25.5 Å². The van der Waals surface area contributed by atoms with Crippen molar-refractivity contribution in [3.63, 3.8) is 0 Å². The minimum atomic E-state index is -2.05. The number of ketones is 1. The van der Waals surface area contributed by atoms with Crippen LogP contribution in [0.3, 0.4) is 0 Å². The van der Waals surface area contributed by atoms with Crippen LogP contribution in [0.25, 0.3) is 0 Å². The van der Waals surface area contributed by atoms with Gasteiger partial charge in [-0.1, -0.05) is 0 Å². The van der Waals surface area contributed by atoms with E-state index in [-0.39, 0.29) is 0 Å². The van der Waals surface area contributed by atoms with Gasteiger partial charge in [0.25, 0.3) is 0 Å². The van der Waals surface area contributed by atoms with Crippen LogP contribution in [-0.4, -0.2) is 61.8 Å². The maximum atomic E-state index is 10.9. The lowest BCUT2D eigenvalue weighted by Gasteiger charge is -2.39. The fraction of sp³-hybridized carbons (Fsp3) is 0.857. The molecule has 0 heterocycles. The van der Waals surface area contributed by atoms with Gasteiger partial charge in [-0.3, -0.25) is 4.79 Å². The third-order valence-electron chi connectivity index (χ3n) is 2.28. The minimum absolute atomic E-state index is 0.567. The first-order valence-corrected chi connectivity index (χ1v) is 3.82. The van der Waals surface area contributed by atoms with Crippen molar-refractivity contribution in [1.29, 1.82) is 0 Å². The van der Waals surface area contributed by atoms with E-state index in [1.165, 1.54) is 0 Å². The Morgan fingerprint density at radius 3 is 2.38 bits per heavy atom. The van der Waals surface area contributed by atoms with Crippen molar-refractivity contribution < 1.29 is 30.3 Å². The highest BCUT2D eigenvalue weighted by molar-refractivity contribution is 5.85. The van der Waals surface area contributed by atoms with Gasteiger partial charge in [0, 0.05) is 6.42 Å². The Balaban J connectivity index is 2.88. The summed E-state index contributed by atoms with van der Waals surface area (Å²) in [6.07, 6.45) is -5.73. The largest absolute Gasteiger partial charge is 0.393 e. The van der Waals surface area contributed by atoms with Crippen LogP contribution in [0.2, 0.25) is 0 Å². The lowest BCUT2D eigenvalue weighted by Crippen LogP contribution is -2.62. The summed E-state index contributed by atoms with van der Waals surface area (Å²) in [6, 6.07) is 0. The molecule has 0 aromatic heterocycles. The van der Waals surface area contributed by atoms with E-state index >= 15 is 0 Å². The van der Waals surface area contributed by atoms with E-state index in [9.17, 15) is 15.0 Å². The van der Waals surface area contributed by atoms with Crippen LogP contribution in [-0.2, 0) is 4.79 Å². The number of hydrogen-bond donors (Lipinski definition) is 5. The molecule has 0 aromatic rings. The van der Waals surface area contributed by atoms with E-state index in [1.54, 1.807) is 0 Å². The molecular weight excluding hydrogens is 180 g/mol. The number of rotatable bonds is 1. The van der Waals surface area contributed by atoms with Crippen LogP contribution in [0.4, 0.5) is 0 Å². The van der Waals surface area contributed by atoms with Gasteiger partial charge in [0.2, 0.25) is 0 Å². The van der Waals surface area contributed by atoms with Crippen LogP contribution in [0, 0.1) is 0 Å². The Morgan fingerprint density at radius 1 is 1.38 bits per heavy atom. The molecule has 0 radical (unpaired) electrons. The molecule has 1 fully saturated rings. The van der Waals surface area contributed by atoms with Gasteiger partial charge >= 0.3 is 0 Å². The Bertz CT molecular complexity index is 217. The van der Waals surface area contributed by atoms with Crippen molar-refractivity contribution in [1.82, 2.24) is 0 Å². The molecule has 0 spiro atoms. The summed E-state index contributed by atoms with van der Waals surface area (Å²) < 4.78 is 0. The predicted octanol–water partition coefficient (Wildman–Crippen LogP) is -3.23. The van der Waals surface area contributed by atoms with Crippen LogP contribution in [0.5, 0.6) is 0 Å². The number of carbonyl (C=O) groups is 1. The minimum Gasteiger partial charge on any atom is -0.393 e. The highest BCUT2D eigenvalue weighted by atomic mass is 16.4. The van der Waals surface area contributed by atoms with Gasteiger partial charge in [-0.15, -0.1) is 0 Å². The van der Waals surface area contributed by atoms with E-state index in [1.807, 2.05) is 0 Å². The molecule has 1 saturated carbocycles. The van der Waals surface area contributed by atoms with Crippen LogP contribution >= 0.6 is 0 Å². The molecule has 4 atom stereocenters. The smallest absolute Gasteiger partial charge is 0.167 e. The average Bonchev–Trinajstić information content (AvgIpc) is 2.12. The summed E-state index contributed by atoms with van der Waals surface area (Å²) >= 11 is 0. The second-order valence-corrected chi connectivity index (χ2v) is 3.29. The SMILES string of the molecule is O=C1C[C@@](O)(CO)[C@@H](O)[C@H](O)[C@@H]1O. The summed E-state index contributed by atoms with van der Waals surface area (Å²) in [4.78, 5) is 10.9. The molecule has 1 rings (SSSR count). The van der Waals surface area contributed by atoms with Gasteiger partial charge in [-0.05, 0) is 0 Å². The number of aliphatic hydroxyl groups is 5. The predicted molar refractivity (Wildman–Crippen MR) is 39.7 cm³/mol. The summed E-state index contributed by atoms with van der Waals surface area (Å²) in [5.74, 6) is -0.797. The zero-order chi connectivity index (χ0) is 10.2. The van der Waals surface area contributed by atoms with E-state index < -0.39 is 42.7 Å². The fourth-order valence-electron chi connectivity index (χ4n) is 1.34. The lowest BCUT2D eigenvalue weighted by molar-refractivity contribution is -0.198. The quantitative estimate of drug-likeness (QED) is 0.298. The molecule has 76 valence electrons. The topological polar surface area (TPSA) is 118 Å². The molecule has 5 N–H and O–H groups in total. The molecule has 0 amide bonds. The van der Waals surface area contributed by atoms with Gasteiger partial charge in [0.1, 0.15) is 23.9 Å². The maximum Gasteiger partial charge on any atom is 0.167 e. The van der Waals surface area contributed by atoms with Crippen molar-refractivity contribution in [2.45, 2.75) is 30.3 Å². The van der Waals surface area contributed by atoms with E-state index in [2.05, 4.69) is 0 Å². The first-order chi connectivity index (χ1) is 5.92. The first-order valence-electron chi connectivity index (χ1n) is 3.82. The molecule has 0 saturated heterocycles. The molecule has 0 unspecified atom stereocenters. The molecule has 13 heavy (non-hydrogen) atoms. The van der Waals surface area contributed by atoms with Crippen molar-refractivity contribution in [2.24, 2.45) is 0 Å². The molecule has 6 heteroatoms. The monoisotopic (exact) mass is 192 g/mol. The number of Topliss-reactive ketones (excluding diaryl/α,β-unsaturated/α-hetero) is 1.